The smallest absolute Gasteiger partial charge is 0.237 e. The number of hydrogen-bond acceptors (Lipinski definition) is 2. The molecule has 0 aliphatic carbocycles. The lowest BCUT2D eigenvalue weighted by atomic mass is 10.0. The molecule has 1 aromatic carbocycles. The molecule has 1 aliphatic rings. The Labute approximate surface area is 109 Å². The van der Waals surface area contributed by atoms with Gasteiger partial charge < -0.3 is 10.6 Å². The SMILES string of the molecule is CC(C)c1ccc(CNC(=O)C2CCCN2)cc1. The number of benzene rings is 1. The molecule has 2 rings (SSSR count). The number of hydrogen-bond donors (Lipinski definition) is 2. The molecule has 0 radical (unpaired) electrons. The maximum atomic E-state index is 11.8. The average molecular weight is 246 g/mol. The number of carbonyl (C=O) groups is 1. The molecule has 1 aliphatic heterocycles. The molecule has 18 heavy (non-hydrogen) atoms. The second kappa shape index (κ2) is 6.01. The van der Waals surface area contributed by atoms with Gasteiger partial charge >= 0.3 is 0 Å². The fraction of sp³-hybridized carbons (Fsp3) is 0.533. The molecule has 0 bridgehead atoms. The Kier molecular flexibility index (Phi) is 4.37. The minimum Gasteiger partial charge on any atom is -0.351 e. The zero-order chi connectivity index (χ0) is 13.0. The van der Waals surface area contributed by atoms with E-state index in [1.54, 1.807) is 0 Å². The van der Waals surface area contributed by atoms with E-state index in [9.17, 15) is 4.79 Å². The summed E-state index contributed by atoms with van der Waals surface area (Å²) in [6.45, 7) is 5.95. The van der Waals surface area contributed by atoms with Crippen LogP contribution in [0.4, 0.5) is 0 Å². The average Bonchev–Trinajstić information content (AvgIpc) is 2.90. The zero-order valence-corrected chi connectivity index (χ0v) is 11.2. The standard InChI is InChI=1S/C15H22N2O/c1-11(2)13-7-5-12(6-8-13)10-17-15(18)14-4-3-9-16-14/h5-8,11,14,16H,3-4,9-10H2,1-2H3,(H,17,18). The van der Waals surface area contributed by atoms with Crippen LogP contribution in [0.25, 0.3) is 0 Å². The minimum atomic E-state index is 0.0138. The van der Waals surface area contributed by atoms with Gasteiger partial charge in [-0.2, -0.15) is 0 Å². The van der Waals surface area contributed by atoms with Crippen LogP contribution in [0, 0.1) is 0 Å². The lowest BCUT2D eigenvalue weighted by Crippen LogP contribution is -2.39. The van der Waals surface area contributed by atoms with Crippen LogP contribution in [0.15, 0.2) is 24.3 Å². The number of carbonyl (C=O) groups excluding carboxylic acids is 1. The summed E-state index contributed by atoms with van der Waals surface area (Å²) in [4.78, 5) is 11.8. The van der Waals surface area contributed by atoms with E-state index in [2.05, 4.69) is 48.7 Å². The Balaban J connectivity index is 1.84. The van der Waals surface area contributed by atoms with E-state index in [1.807, 2.05) is 0 Å². The normalized spacial score (nSPS) is 19.2. The molecular weight excluding hydrogens is 224 g/mol. The molecule has 3 nitrogen and oxygen atoms in total. The van der Waals surface area contributed by atoms with Gasteiger partial charge in [-0.1, -0.05) is 38.1 Å². The van der Waals surface area contributed by atoms with Crippen molar-refractivity contribution < 1.29 is 4.79 Å². The fourth-order valence-corrected chi connectivity index (χ4v) is 2.24. The lowest BCUT2D eigenvalue weighted by Gasteiger charge is -2.12. The molecule has 0 saturated carbocycles. The molecule has 1 unspecified atom stereocenters. The maximum Gasteiger partial charge on any atom is 0.237 e. The van der Waals surface area contributed by atoms with Crippen molar-refractivity contribution in [2.75, 3.05) is 6.54 Å². The monoisotopic (exact) mass is 246 g/mol. The van der Waals surface area contributed by atoms with Crippen molar-refractivity contribution in [3.63, 3.8) is 0 Å². The molecular formula is C15H22N2O. The molecule has 1 atom stereocenters. The summed E-state index contributed by atoms with van der Waals surface area (Å²) >= 11 is 0. The molecule has 3 heteroatoms. The van der Waals surface area contributed by atoms with Gasteiger partial charge in [-0.25, -0.2) is 0 Å². The van der Waals surface area contributed by atoms with Gasteiger partial charge in [-0.15, -0.1) is 0 Å². The lowest BCUT2D eigenvalue weighted by molar-refractivity contribution is -0.122. The largest absolute Gasteiger partial charge is 0.351 e. The van der Waals surface area contributed by atoms with Gasteiger partial charge in [0, 0.05) is 6.54 Å². The molecule has 0 spiro atoms. The van der Waals surface area contributed by atoms with E-state index in [4.69, 9.17) is 0 Å². The Morgan fingerprint density at radius 1 is 1.39 bits per heavy atom. The van der Waals surface area contributed by atoms with Crippen LogP contribution in [0.2, 0.25) is 0 Å². The van der Waals surface area contributed by atoms with Crippen LogP contribution < -0.4 is 10.6 Å². The van der Waals surface area contributed by atoms with Crippen molar-refractivity contribution >= 4 is 5.91 Å². The topological polar surface area (TPSA) is 41.1 Å². The van der Waals surface area contributed by atoms with Gasteiger partial charge in [0.25, 0.3) is 0 Å². The van der Waals surface area contributed by atoms with Gasteiger partial charge in [0.2, 0.25) is 5.91 Å². The Bertz CT molecular complexity index is 391. The van der Waals surface area contributed by atoms with Crippen LogP contribution in [0.3, 0.4) is 0 Å². The third kappa shape index (κ3) is 3.33. The second-order valence-corrected chi connectivity index (χ2v) is 5.26. The van der Waals surface area contributed by atoms with Crippen LogP contribution in [-0.2, 0) is 11.3 Å². The number of amides is 1. The van der Waals surface area contributed by atoms with Gasteiger partial charge in [0.15, 0.2) is 0 Å². The van der Waals surface area contributed by atoms with Gasteiger partial charge in [-0.05, 0) is 36.4 Å². The van der Waals surface area contributed by atoms with E-state index in [-0.39, 0.29) is 11.9 Å². The highest BCUT2D eigenvalue weighted by Crippen LogP contribution is 2.14. The second-order valence-electron chi connectivity index (χ2n) is 5.26. The predicted molar refractivity (Wildman–Crippen MR) is 73.4 cm³/mol. The zero-order valence-electron chi connectivity index (χ0n) is 11.2. The summed E-state index contributed by atoms with van der Waals surface area (Å²) in [7, 11) is 0. The van der Waals surface area contributed by atoms with E-state index in [0.717, 1.165) is 24.9 Å². The molecule has 1 saturated heterocycles. The van der Waals surface area contributed by atoms with Gasteiger partial charge in [0.1, 0.15) is 0 Å². The first kappa shape index (κ1) is 13.1. The summed E-state index contributed by atoms with van der Waals surface area (Å²) in [5.41, 5.74) is 2.49. The van der Waals surface area contributed by atoms with E-state index in [1.165, 1.54) is 5.56 Å². The molecule has 1 aromatic rings. The summed E-state index contributed by atoms with van der Waals surface area (Å²) < 4.78 is 0. The van der Waals surface area contributed by atoms with Gasteiger partial charge in [0.05, 0.1) is 6.04 Å². The number of nitrogens with one attached hydrogen (secondary N) is 2. The van der Waals surface area contributed by atoms with Crippen LogP contribution in [-0.4, -0.2) is 18.5 Å². The highest BCUT2D eigenvalue weighted by Gasteiger charge is 2.21. The Morgan fingerprint density at radius 2 is 2.11 bits per heavy atom. The highest BCUT2D eigenvalue weighted by atomic mass is 16.2. The summed E-state index contributed by atoms with van der Waals surface area (Å²) in [6.07, 6.45) is 2.05. The van der Waals surface area contributed by atoms with E-state index >= 15 is 0 Å². The number of rotatable bonds is 4. The van der Waals surface area contributed by atoms with Gasteiger partial charge in [-0.3, -0.25) is 4.79 Å². The first-order chi connectivity index (χ1) is 8.66. The molecule has 2 N–H and O–H groups in total. The third-order valence-corrected chi connectivity index (χ3v) is 3.49. The first-order valence-corrected chi connectivity index (χ1v) is 6.77. The maximum absolute atomic E-state index is 11.8. The Hall–Kier alpha value is -1.35. The molecule has 1 fully saturated rings. The Morgan fingerprint density at radius 3 is 2.67 bits per heavy atom. The van der Waals surface area contributed by atoms with E-state index < -0.39 is 0 Å². The molecule has 1 heterocycles. The summed E-state index contributed by atoms with van der Waals surface area (Å²) in [5, 5.41) is 6.19. The van der Waals surface area contributed by atoms with Crippen LogP contribution in [0.1, 0.15) is 43.7 Å². The van der Waals surface area contributed by atoms with Crippen molar-refractivity contribution in [3.8, 4) is 0 Å². The van der Waals surface area contributed by atoms with E-state index in [0.29, 0.717) is 12.5 Å². The van der Waals surface area contributed by atoms with Crippen LogP contribution in [0.5, 0.6) is 0 Å². The van der Waals surface area contributed by atoms with Crippen molar-refractivity contribution in [2.24, 2.45) is 0 Å². The summed E-state index contributed by atoms with van der Waals surface area (Å²) in [5.74, 6) is 0.678. The molecule has 98 valence electrons. The van der Waals surface area contributed by atoms with Crippen LogP contribution >= 0.6 is 0 Å². The quantitative estimate of drug-likeness (QED) is 0.855. The van der Waals surface area contributed by atoms with Crippen molar-refractivity contribution in [2.45, 2.75) is 45.2 Å². The molecule has 1 amide bonds. The first-order valence-electron chi connectivity index (χ1n) is 6.77. The fourth-order valence-electron chi connectivity index (χ4n) is 2.24. The molecule has 0 aromatic heterocycles. The third-order valence-electron chi connectivity index (χ3n) is 3.49. The predicted octanol–water partition coefficient (Wildman–Crippen LogP) is 2.18. The highest BCUT2D eigenvalue weighted by molar-refractivity contribution is 5.81. The van der Waals surface area contributed by atoms with Crippen molar-refractivity contribution in [3.05, 3.63) is 35.4 Å². The summed E-state index contributed by atoms with van der Waals surface area (Å²) in [6, 6.07) is 8.48. The van der Waals surface area contributed by atoms with Crippen molar-refractivity contribution in [1.82, 2.24) is 10.6 Å². The minimum absolute atomic E-state index is 0.0138. The van der Waals surface area contributed by atoms with Crippen molar-refractivity contribution in [1.29, 1.82) is 0 Å².